The van der Waals surface area contributed by atoms with Crippen molar-refractivity contribution in [2.45, 2.75) is 6.92 Å². The minimum absolute atomic E-state index is 0.190. The van der Waals surface area contributed by atoms with Gasteiger partial charge < -0.3 is 11.1 Å². The molecule has 0 saturated carbocycles. The van der Waals surface area contributed by atoms with Crippen LogP contribution in [0.1, 0.15) is 15.9 Å². The van der Waals surface area contributed by atoms with Crippen molar-refractivity contribution >= 4 is 17.4 Å². The van der Waals surface area contributed by atoms with Crippen molar-refractivity contribution in [3.63, 3.8) is 0 Å². The first-order chi connectivity index (χ1) is 14.1. The molecule has 0 aliphatic rings. The highest BCUT2D eigenvalue weighted by Gasteiger charge is 2.13. The largest absolute Gasteiger partial charge is 0.383 e. The molecule has 0 aliphatic carbocycles. The zero-order valence-electron chi connectivity index (χ0n) is 16.0. The number of nitrogens with zero attached hydrogens (tertiary/aromatic N) is 2. The number of nitrogen functional groups attached to an aromatic ring is 1. The van der Waals surface area contributed by atoms with E-state index in [-0.39, 0.29) is 11.7 Å². The Hall–Kier alpha value is -3.99. The third-order valence-electron chi connectivity index (χ3n) is 4.65. The number of aryl methyl sites for hydroxylation is 1. The number of pyridine rings is 2. The van der Waals surface area contributed by atoms with E-state index in [1.165, 1.54) is 5.56 Å². The first kappa shape index (κ1) is 18.4. The van der Waals surface area contributed by atoms with Crippen LogP contribution in [-0.4, -0.2) is 15.9 Å². The second-order valence-electron chi connectivity index (χ2n) is 6.77. The summed E-state index contributed by atoms with van der Waals surface area (Å²) in [6.07, 6.45) is 3.22. The minimum atomic E-state index is -0.304. The van der Waals surface area contributed by atoms with E-state index in [9.17, 15) is 4.79 Å². The van der Waals surface area contributed by atoms with Crippen molar-refractivity contribution in [2.24, 2.45) is 0 Å². The van der Waals surface area contributed by atoms with Gasteiger partial charge in [-0.05, 0) is 48.4 Å². The fourth-order valence-electron chi connectivity index (χ4n) is 3.07. The fraction of sp³-hybridized carbons (Fsp3) is 0.0417. The van der Waals surface area contributed by atoms with E-state index in [0.717, 1.165) is 22.4 Å². The number of amides is 1. The van der Waals surface area contributed by atoms with E-state index in [1.807, 2.05) is 18.2 Å². The molecule has 3 N–H and O–H groups in total. The van der Waals surface area contributed by atoms with Gasteiger partial charge in [0.2, 0.25) is 0 Å². The van der Waals surface area contributed by atoms with E-state index < -0.39 is 0 Å². The molecule has 0 aliphatic heterocycles. The molecule has 0 saturated heterocycles. The maximum atomic E-state index is 12.5. The number of nitrogens with one attached hydrogen (secondary N) is 1. The van der Waals surface area contributed by atoms with Crippen LogP contribution in [0.2, 0.25) is 0 Å². The van der Waals surface area contributed by atoms with Crippen molar-refractivity contribution in [2.75, 3.05) is 11.1 Å². The fourth-order valence-corrected chi connectivity index (χ4v) is 3.07. The zero-order chi connectivity index (χ0) is 20.2. The Balaban J connectivity index is 1.60. The van der Waals surface area contributed by atoms with Crippen LogP contribution in [-0.2, 0) is 0 Å². The van der Waals surface area contributed by atoms with Crippen molar-refractivity contribution < 1.29 is 4.79 Å². The Morgan fingerprint density at radius 2 is 1.59 bits per heavy atom. The molecule has 4 aromatic rings. The number of carbonyl (C=O) groups is 1. The molecule has 29 heavy (non-hydrogen) atoms. The average molecular weight is 380 g/mol. The van der Waals surface area contributed by atoms with E-state index in [1.54, 1.807) is 30.6 Å². The average Bonchev–Trinajstić information content (AvgIpc) is 2.75. The highest BCUT2D eigenvalue weighted by Crippen LogP contribution is 2.27. The van der Waals surface area contributed by atoms with Crippen LogP contribution in [0.25, 0.3) is 22.4 Å². The lowest BCUT2D eigenvalue weighted by atomic mass is 10.0. The van der Waals surface area contributed by atoms with Gasteiger partial charge in [0.25, 0.3) is 5.91 Å². The lowest BCUT2D eigenvalue weighted by Gasteiger charge is -2.10. The van der Waals surface area contributed by atoms with Gasteiger partial charge in [0.1, 0.15) is 5.82 Å². The minimum Gasteiger partial charge on any atom is -0.383 e. The summed E-state index contributed by atoms with van der Waals surface area (Å²) in [4.78, 5) is 20.9. The van der Waals surface area contributed by atoms with E-state index >= 15 is 0 Å². The van der Waals surface area contributed by atoms with E-state index in [0.29, 0.717) is 11.3 Å². The first-order valence-corrected chi connectivity index (χ1v) is 9.25. The summed E-state index contributed by atoms with van der Waals surface area (Å²) < 4.78 is 0. The smallest absolute Gasteiger partial charge is 0.259 e. The number of rotatable bonds is 4. The molecule has 0 unspecified atom stereocenters. The SMILES string of the molecule is Cc1ccc(-c2cccc(-c3ccc(C(=O)Nc4ccncc4)c(N)n3)c2)cc1. The predicted octanol–water partition coefficient (Wildman–Crippen LogP) is 4.95. The second-order valence-corrected chi connectivity index (χ2v) is 6.77. The Bertz CT molecular complexity index is 1160. The Kier molecular flexibility index (Phi) is 5.03. The Morgan fingerprint density at radius 1 is 0.862 bits per heavy atom. The molecule has 1 amide bonds. The topological polar surface area (TPSA) is 80.9 Å². The molecule has 5 nitrogen and oxygen atoms in total. The van der Waals surface area contributed by atoms with Crippen molar-refractivity contribution in [3.8, 4) is 22.4 Å². The Labute approximate surface area is 169 Å². The van der Waals surface area contributed by atoms with Gasteiger partial charge in [-0.1, -0.05) is 48.0 Å². The summed E-state index contributed by atoms with van der Waals surface area (Å²) >= 11 is 0. The predicted molar refractivity (Wildman–Crippen MR) is 116 cm³/mol. The van der Waals surface area contributed by atoms with Gasteiger partial charge in [-0.15, -0.1) is 0 Å². The summed E-state index contributed by atoms with van der Waals surface area (Å²) in [5, 5.41) is 2.79. The van der Waals surface area contributed by atoms with Crippen LogP contribution >= 0.6 is 0 Å². The van der Waals surface area contributed by atoms with Crippen LogP contribution in [0.5, 0.6) is 0 Å². The molecule has 5 heteroatoms. The number of anilines is 2. The zero-order valence-corrected chi connectivity index (χ0v) is 16.0. The molecule has 2 aromatic carbocycles. The van der Waals surface area contributed by atoms with E-state index in [2.05, 4.69) is 58.6 Å². The number of nitrogens with two attached hydrogens (primary N) is 1. The quantitative estimate of drug-likeness (QED) is 0.525. The normalized spacial score (nSPS) is 10.5. The maximum absolute atomic E-state index is 12.5. The van der Waals surface area contributed by atoms with Crippen LogP contribution in [0, 0.1) is 6.92 Å². The molecule has 4 rings (SSSR count). The monoisotopic (exact) mass is 380 g/mol. The summed E-state index contributed by atoms with van der Waals surface area (Å²) in [5.74, 6) is -0.115. The molecule has 0 fully saturated rings. The lowest BCUT2D eigenvalue weighted by molar-refractivity contribution is 0.102. The van der Waals surface area contributed by atoms with Gasteiger partial charge in [0.15, 0.2) is 0 Å². The van der Waals surface area contributed by atoms with Crippen LogP contribution in [0.15, 0.2) is 85.2 Å². The van der Waals surface area contributed by atoms with Crippen LogP contribution in [0.4, 0.5) is 11.5 Å². The van der Waals surface area contributed by atoms with Crippen LogP contribution < -0.4 is 11.1 Å². The molecular weight excluding hydrogens is 360 g/mol. The van der Waals surface area contributed by atoms with E-state index in [4.69, 9.17) is 5.73 Å². The first-order valence-electron chi connectivity index (χ1n) is 9.25. The standard InChI is InChI=1S/C24H20N4O/c1-16-5-7-17(8-6-16)18-3-2-4-19(15-18)22-10-9-21(23(25)28-22)24(29)27-20-11-13-26-14-12-20/h2-15H,1H3,(H2,25,28)(H,26,27,29). The molecule has 0 spiro atoms. The van der Waals surface area contributed by atoms with Crippen molar-refractivity contribution in [3.05, 3.63) is 96.3 Å². The van der Waals surface area contributed by atoms with Gasteiger partial charge in [-0.25, -0.2) is 4.98 Å². The third-order valence-corrected chi connectivity index (χ3v) is 4.65. The summed E-state index contributed by atoms with van der Waals surface area (Å²) in [7, 11) is 0. The number of carbonyl (C=O) groups excluding carboxylic acids is 1. The highest BCUT2D eigenvalue weighted by molar-refractivity contribution is 6.07. The number of hydrogen-bond donors (Lipinski definition) is 2. The van der Waals surface area contributed by atoms with Crippen LogP contribution in [0.3, 0.4) is 0 Å². The molecule has 0 atom stereocenters. The second kappa shape index (κ2) is 7.94. The van der Waals surface area contributed by atoms with Crippen molar-refractivity contribution in [1.29, 1.82) is 0 Å². The molecule has 2 aromatic heterocycles. The maximum Gasteiger partial charge on any atom is 0.259 e. The number of aromatic nitrogens is 2. The molecular formula is C24H20N4O. The van der Waals surface area contributed by atoms with Crippen molar-refractivity contribution in [1.82, 2.24) is 9.97 Å². The molecule has 2 heterocycles. The molecule has 0 bridgehead atoms. The summed E-state index contributed by atoms with van der Waals surface area (Å²) in [5.41, 5.74) is 12.2. The Morgan fingerprint density at radius 3 is 2.31 bits per heavy atom. The summed E-state index contributed by atoms with van der Waals surface area (Å²) in [6, 6.07) is 23.4. The van der Waals surface area contributed by atoms with Gasteiger partial charge in [0, 0.05) is 23.6 Å². The third kappa shape index (κ3) is 4.14. The molecule has 142 valence electrons. The van der Waals surface area contributed by atoms with Gasteiger partial charge in [-0.3, -0.25) is 9.78 Å². The van der Waals surface area contributed by atoms with Gasteiger partial charge >= 0.3 is 0 Å². The number of benzene rings is 2. The lowest BCUT2D eigenvalue weighted by Crippen LogP contribution is -2.15. The van der Waals surface area contributed by atoms with Gasteiger partial charge in [-0.2, -0.15) is 0 Å². The molecule has 0 radical (unpaired) electrons. The number of hydrogen-bond acceptors (Lipinski definition) is 4. The van der Waals surface area contributed by atoms with Gasteiger partial charge in [0.05, 0.1) is 11.3 Å². The summed E-state index contributed by atoms with van der Waals surface area (Å²) in [6.45, 7) is 2.07. The highest BCUT2D eigenvalue weighted by atomic mass is 16.1.